The maximum Gasteiger partial charge on any atom is 0.256 e. The molecule has 0 saturated heterocycles. The molecule has 0 aliphatic carbocycles. The highest BCUT2D eigenvalue weighted by molar-refractivity contribution is 6.31. The third-order valence-electron chi connectivity index (χ3n) is 2.99. The molecule has 0 fully saturated rings. The topological polar surface area (TPSA) is 29.1 Å². The predicted octanol–water partition coefficient (Wildman–Crippen LogP) is 3.80. The Morgan fingerprint density at radius 3 is 2.47 bits per heavy atom. The molecule has 1 amide bonds. The van der Waals surface area contributed by atoms with Crippen molar-refractivity contribution in [1.82, 2.24) is 0 Å². The summed E-state index contributed by atoms with van der Waals surface area (Å²) < 4.78 is 0. The van der Waals surface area contributed by atoms with Crippen molar-refractivity contribution in [3.8, 4) is 0 Å². The molecule has 90 valence electrons. The Labute approximate surface area is 103 Å². The van der Waals surface area contributed by atoms with Gasteiger partial charge < -0.3 is 5.32 Å². The van der Waals surface area contributed by atoms with Crippen LogP contribution in [0.5, 0.6) is 0 Å². The van der Waals surface area contributed by atoms with Gasteiger partial charge in [0.15, 0.2) is 0 Å². The lowest BCUT2D eigenvalue weighted by atomic mass is 9.96. The fourth-order valence-corrected chi connectivity index (χ4v) is 2.06. The van der Waals surface area contributed by atoms with Gasteiger partial charge >= 0.3 is 0 Å². The van der Waals surface area contributed by atoms with Crippen LogP contribution in [0.4, 0.5) is 5.69 Å². The van der Waals surface area contributed by atoms with Crippen molar-refractivity contribution >= 4 is 17.2 Å². The van der Waals surface area contributed by atoms with Gasteiger partial charge in [-0.15, -0.1) is 0 Å². The molecule has 2 heteroatoms. The summed E-state index contributed by atoms with van der Waals surface area (Å²) in [5.74, 6) is 0.885. The third-order valence-corrected chi connectivity index (χ3v) is 2.99. The summed E-state index contributed by atoms with van der Waals surface area (Å²) in [5, 5.41) is 2.91. The molecule has 0 spiro atoms. The minimum atomic E-state index is 0.0228. The van der Waals surface area contributed by atoms with Crippen molar-refractivity contribution in [3.05, 3.63) is 35.4 Å². The van der Waals surface area contributed by atoms with Crippen LogP contribution >= 0.6 is 0 Å². The lowest BCUT2D eigenvalue weighted by molar-refractivity contribution is -0.110. The standard InChI is InChI=1S/C15H19NO/c1-9(2)7-13-12-8-11(10(3)4)5-6-14(12)16-15(13)17/h5-10H,1-4H3,(H,16,17)/b13-7+. The van der Waals surface area contributed by atoms with Crippen molar-refractivity contribution in [3.63, 3.8) is 0 Å². The molecule has 1 aliphatic heterocycles. The van der Waals surface area contributed by atoms with Gasteiger partial charge in [-0.2, -0.15) is 0 Å². The summed E-state index contributed by atoms with van der Waals surface area (Å²) in [6, 6.07) is 6.22. The van der Waals surface area contributed by atoms with E-state index >= 15 is 0 Å². The van der Waals surface area contributed by atoms with Gasteiger partial charge in [-0.1, -0.05) is 39.8 Å². The predicted molar refractivity (Wildman–Crippen MR) is 72.0 cm³/mol. The molecule has 17 heavy (non-hydrogen) atoms. The number of benzene rings is 1. The Bertz CT molecular complexity index is 484. The molecule has 1 N–H and O–H groups in total. The van der Waals surface area contributed by atoms with Crippen molar-refractivity contribution in [1.29, 1.82) is 0 Å². The van der Waals surface area contributed by atoms with Gasteiger partial charge in [0.25, 0.3) is 5.91 Å². The van der Waals surface area contributed by atoms with Gasteiger partial charge in [0.1, 0.15) is 0 Å². The Kier molecular flexibility index (Phi) is 3.05. The lowest BCUT2D eigenvalue weighted by Gasteiger charge is -2.07. The Morgan fingerprint density at radius 2 is 1.88 bits per heavy atom. The minimum absolute atomic E-state index is 0.0228. The van der Waals surface area contributed by atoms with Crippen LogP contribution in [0.2, 0.25) is 0 Å². The number of nitrogens with one attached hydrogen (secondary N) is 1. The highest BCUT2D eigenvalue weighted by atomic mass is 16.2. The number of carbonyl (C=O) groups excluding carboxylic acids is 1. The highest BCUT2D eigenvalue weighted by Crippen LogP contribution is 2.34. The summed E-state index contributed by atoms with van der Waals surface area (Å²) in [4.78, 5) is 11.9. The van der Waals surface area contributed by atoms with Crippen molar-refractivity contribution in [2.45, 2.75) is 33.6 Å². The van der Waals surface area contributed by atoms with E-state index in [-0.39, 0.29) is 5.91 Å². The van der Waals surface area contributed by atoms with Gasteiger partial charge in [-0.25, -0.2) is 0 Å². The molecule has 0 bridgehead atoms. The quantitative estimate of drug-likeness (QED) is 0.768. The van der Waals surface area contributed by atoms with Gasteiger partial charge in [-0.05, 0) is 29.5 Å². The molecule has 1 aromatic carbocycles. The lowest BCUT2D eigenvalue weighted by Crippen LogP contribution is -2.04. The van der Waals surface area contributed by atoms with Crippen LogP contribution in [0.25, 0.3) is 5.57 Å². The number of hydrogen-bond donors (Lipinski definition) is 1. The zero-order valence-electron chi connectivity index (χ0n) is 10.9. The molecule has 1 aromatic rings. The van der Waals surface area contributed by atoms with Gasteiger partial charge in [-0.3, -0.25) is 4.79 Å². The summed E-state index contributed by atoms with van der Waals surface area (Å²) in [5.41, 5.74) is 4.08. The van der Waals surface area contributed by atoms with E-state index in [2.05, 4.69) is 45.1 Å². The molecule has 0 radical (unpaired) electrons. The van der Waals surface area contributed by atoms with Crippen LogP contribution in [0, 0.1) is 5.92 Å². The summed E-state index contributed by atoms with van der Waals surface area (Å²) in [6.45, 7) is 8.50. The molecule has 0 unspecified atom stereocenters. The molecular weight excluding hydrogens is 210 g/mol. The summed E-state index contributed by atoms with van der Waals surface area (Å²) in [6.07, 6.45) is 2.03. The summed E-state index contributed by atoms with van der Waals surface area (Å²) in [7, 11) is 0. The SMILES string of the molecule is CC(C)/C=C1/C(=O)Nc2ccc(C(C)C)cc21. The van der Waals surface area contributed by atoms with E-state index in [1.807, 2.05) is 12.1 Å². The second-order valence-electron chi connectivity index (χ2n) is 5.24. The van der Waals surface area contributed by atoms with E-state index in [4.69, 9.17) is 0 Å². The maximum absolute atomic E-state index is 11.9. The normalized spacial score (nSPS) is 16.8. The van der Waals surface area contributed by atoms with Crippen molar-refractivity contribution in [2.24, 2.45) is 5.92 Å². The van der Waals surface area contributed by atoms with Crippen LogP contribution < -0.4 is 5.32 Å². The number of hydrogen-bond acceptors (Lipinski definition) is 1. The first-order valence-electron chi connectivity index (χ1n) is 6.16. The van der Waals surface area contributed by atoms with E-state index < -0.39 is 0 Å². The molecule has 0 atom stereocenters. The van der Waals surface area contributed by atoms with Gasteiger partial charge in [0.05, 0.1) is 0 Å². The summed E-state index contributed by atoms with van der Waals surface area (Å²) >= 11 is 0. The van der Waals surface area contributed by atoms with Crippen LogP contribution in [-0.2, 0) is 4.79 Å². The first-order chi connectivity index (χ1) is 7.99. The number of amides is 1. The van der Waals surface area contributed by atoms with Gasteiger partial charge in [0.2, 0.25) is 0 Å². The Balaban J connectivity index is 2.50. The number of fused-ring (bicyclic) bond motifs is 1. The third kappa shape index (κ3) is 2.26. The number of allylic oxidation sites excluding steroid dienone is 1. The fraction of sp³-hybridized carbons (Fsp3) is 0.400. The van der Waals surface area contributed by atoms with Crippen LogP contribution in [0.3, 0.4) is 0 Å². The van der Waals surface area contributed by atoms with Crippen molar-refractivity contribution < 1.29 is 4.79 Å². The Hall–Kier alpha value is -1.57. The average molecular weight is 229 g/mol. The van der Waals surface area contributed by atoms with Crippen LogP contribution in [-0.4, -0.2) is 5.91 Å². The minimum Gasteiger partial charge on any atom is -0.321 e. The van der Waals surface area contributed by atoms with Crippen LogP contribution in [0.15, 0.2) is 24.3 Å². The first-order valence-corrected chi connectivity index (χ1v) is 6.16. The zero-order chi connectivity index (χ0) is 12.6. The van der Waals surface area contributed by atoms with E-state index in [1.54, 1.807) is 0 Å². The monoisotopic (exact) mass is 229 g/mol. The molecule has 1 heterocycles. The first kappa shape index (κ1) is 11.9. The number of rotatable bonds is 2. The van der Waals surface area contributed by atoms with Crippen LogP contribution in [0.1, 0.15) is 44.7 Å². The molecule has 1 aliphatic rings. The Morgan fingerprint density at radius 1 is 1.18 bits per heavy atom. The second kappa shape index (κ2) is 4.36. The van der Waals surface area contributed by atoms with E-state index in [1.165, 1.54) is 5.56 Å². The van der Waals surface area contributed by atoms with Crippen molar-refractivity contribution in [2.75, 3.05) is 5.32 Å². The van der Waals surface area contributed by atoms with E-state index in [0.29, 0.717) is 11.8 Å². The average Bonchev–Trinajstić information content (AvgIpc) is 2.54. The molecule has 2 rings (SSSR count). The van der Waals surface area contributed by atoms with E-state index in [9.17, 15) is 4.79 Å². The molecule has 0 saturated carbocycles. The van der Waals surface area contributed by atoms with E-state index in [0.717, 1.165) is 16.8 Å². The molecule has 2 nitrogen and oxygen atoms in total. The number of carbonyl (C=O) groups is 1. The highest BCUT2D eigenvalue weighted by Gasteiger charge is 2.24. The largest absolute Gasteiger partial charge is 0.321 e. The fourth-order valence-electron chi connectivity index (χ4n) is 2.06. The smallest absolute Gasteiger partial charge is 0.256 e. The molecular formula is C15H19NO. The maximum atomic E-state index is 11.9. The molecule has 0 aromatic heterocycles. The van der Waals surface area contributed by atoms with Gasteiger partial charge in [0, 0.05) is 16.8 Å². The zero-order valence-corrected chi connectivity index (χ0v) is 10.9. The number of anilines is 1. The second-order valence-corrected chi connectivity index (χ2v) is 5.24.